The average molecular weight is 297 g/mol. The summed E-state index contributed by atoms with van der Waals surface area (Å²) in [5.74, 6) is -0.0371. The molecule has 5 heteroatoms. The number of rotatable bonds is 3. The van der Waals surface area contributed by atoms with E-state index in [1.54, 1.807) is 18.7 Å². The van der Waals surface area contributed by atoms with E-state index in [-0.39, 0.29) is 12.0 Å². The van der Waals surface area contributed by atoms with Crippen LogP contribution in [0.4, 0.5) is 0 Å². The van der Waals surface area contributed by atoms with Crippen molar-refractivity contribution in [2.24, 2.45) is 5.73 Å². The Labute approximate surface area is 124 Å². The molecule has 1 aliphatic heterocycles. The van der Waals surface area contributed by atoms with Crippen LogP contribution < -0.4 is 5.73 Å². The summed E-state index contributed by atoms with van der Waals surface area (Å²) < 4.78 is 5.74. The van der Waals surface area contributed by atoms with Gasteiger partial charge in [-0.05, 0) is 25.5 Å². The number of nitrogens with zero attached hydrogens (tertiary/aromatic N) is 1. The molecule has 0 saturated carbocycles. The van der Waals surface area contributed by atoms with Gasteiger partial charge in [0.15, 0.2) is 0 Å². The van der Waals surface area contributed by atoms with Gasteiger partial charge in [0.25, 0.3) is 0 Å². The smallest absolute Gasteiger partial charge is 0.242 e. The van der Waals surface area contributed by atoms with Crippen LogP contribution in [0, 0.1) is 0 Å². The highest BCUT2D eigenvalue weighted by atomic mass is 35.5. The molecule has 1 unspecified atom stereocenters. The van der Waals surface area contributed by atoms with Crippen LogP contribution in [0.15, 0.2) is 24.3 Å². The Balaban J connectivity index is 2.01. The summed E-state index contributed by atoms with van der Waals surface area (Å²) in [4.78, 5) is 14.0. The number of halogens is 1. The zero-order chi connectivity index (χ0) is 14.8. The second kappa shape index (κ2) is 6.12. The Morgan fingerprint density at radius 1 is 1.50 bits per heavy atom. The average Bonchev–Trinajstić information content (AvgIpc) is 2.40. The van der Waals surface area contributed by atoms with E-state index >= 15 is 0 Å². The second-order valence-electron chi connectivity index (χ2n) is 5.76. The quantitative estimate of drug-likeness (QED) is 0.926. The highest BCUT2D eigenvalue weighted by molar-refractivity contribution is 6.31. The number of amides is 1. The number of nitrogens with two attached hydrogens (primary N) is 1. The van der Waals surface area contributed by atoms with Crippen LogP contribution in [0.3, 0.4) is 0 Å². The van der Waals surface area contributed by atoms with Crippen molar-refractivity contribution >= 4 is 17.5 Å². The van der Waals surface area contributed by atoms with Gasteiger partial charge in [0, 0.05) is 24.5 Å². The maximum atomic E-state index is 12.2. The van der Waals surface area contributed by atoms with Gasteiger partial charge >= 0.3 is 0 Å². The minimum Gasteiger partial charge on any atom is -0.374 e. The fourth-order valence-electron chi connectivity index (χ4n) is 2.34. The number of benzene rings is 1. The molecule has 1 saturated heterocycles. The summed E-state index contributed by atoms with van der Waals surface area (Å²) in [6.45, 7) is 5.15. The molecule has 0 aliphatic carbocycles. The largest absolute Gasteiger partial charge is 0.374 e. The SMILES string of the molecule is CC(C)(N)C(=O)N1CCOC(Cc2ccccc2Cl)C1. The highest BCUT2D eigenvalue weighted by Gasteiger charge is 2.32. The van der Waals surface area contributed by atoms with Gasteiger partial charge in [0.1, 0.15) is 0 Å². The first-order valence-corrected chi connectivity index (χ1v) is 7.19. The van der Waals surface area contributed by atoms with E-state index in [0.29, 0.717) is 26.1 Å². The van der Waals surface area contributed by atoms with Crippen molar-refractivity contribution < 1.29 is 9.53 Å². The zero-order valence-electron chi connectivity index (χ0n) is 11.9. The van der Waals surface area contributed by atoms with Crippen molar-refractivity contribution in [3.8, 4) is 0 Å². The molecule has 20 heavy (non-hydrogen) atoms. The van der Waals surface area contributed by atoms with Gasteiger partial charge < -0.3 is 15.4 Å². The van der Waals surface area contributed by atoms with E-state index in [1.165, 1.54) is 0 Å². The summed E-state index contributed by atoms with van der Waals surface area (Å²) in [6.07, 6.45) is 0.670. The summed E-state index contributed by atoms with van der Waals surface area (Å²) >= 11 is 6.16. The molecule has 4 nitrogen and oxygen atoms in total. The van der Waals surface area contributed by atoms with Crippen LogP contribution in [0.25, 0.3) is 0 Å². The Bertz CT molecular complexity index is 485. The number of carbonyl (C=O) groups excluding carboxylic acids is 1. The van der Waals surface area contributed by atoms with Crippen LogP contribution in [-0.2, 0) is 16.0 Å². The number of hydrogen-bond acceptors (Lipinski definition) is 3. The molecule has 0 radical (unpaired) electrons. The van der Waals surface area contributed by atoms with Gasteiger partial charge in [0.2, 0.25) is 5.91 Å². The monoisotopic (exact) mass is 296 g/mol. The normalized spacial score (nSPS) is 20.0. The van der Waals surface area contributed by atoms with Crippen LogP contribution >= 0.6 is 11.6 Å². The first-order valence-electron chi connectivity index (χ1n) is 6.81. The summed E-state index contributed by atoms with van der Waals surface area (Å²) in [6, 6.07) is 7.71. The Kier molecular flexibility index (Phi) is 4.68. The number of morpholine rings is 1. The standard InChI is InChI=1S/C15H21ClN2O2/c1-15(2,17)14(19)18-7-8-20-12(10-18)9-11-5-3-4-6-13(11)16/h3-6,12H,7-10,17H2,1-2H3. The van der Waals surface area contributed by atoms with Gasteiger partial charge in [-0.1, -0.05) is 29.8 Å². The fourth-order valence-corrected chi connectivity index (χ4v) is 2.56. The molecule has 1 aromatic carbocycles. The molecular formula is C15H21ClN2O2. The lowest BCUT2D eigenvalue weighted by Gasteiger charge is -2.36. The molecule has 1 aliphatic rings. The third kappa shape index (κ3) is 3.72. The minimum atomic E-state index is -0.841. The number of carbonyl (C=O) groups is 1. The maximum absolute atomic E-state index is 12.2. The van der Waals surface area contributed by atoms with E-state index < -0.39 is 5.54 Å². The minimum absolute atomic E-state index is 0.0325. The molecule has 2 N–H and O–H groups in total. The Hall–Kier alpha value is -1.10. The molecule has 1 fully saturated rings. The van der Waals surface area contributed by atoms with Gasteiger partial charge in [-0.15, -0.1) is 0 Å². The van der Waals surface area contributed by atoms with Crippen molar-refractivity contribution in [3.05, 3.63) is 34.9 Å². The van der Waals surface area contributed by atoms with Crippen LogP contribution in [-0.4, -0.2) is 42.1 Å². The van der Waals surface area contributed by atoms with Crippen molar-refractivity contribution in [2.45, 2.75) is 31.9 Å². The van der Waals surface area contributed by atoms with E-state index in [1.807, 2.05) is 24.3 Å². The molecule has 0 spiro atoms. The molecule has 1 amide bonds. The first kappa shape index (κ1) is 15.3. The van der Waals surface area contributed by atoms with Crippen LogP contribution in [0.5, 0.6) is 0 Å². The second-order valence-corrected chi connectivity index (χ2v) is 6.17. The summed E-state index contributed by atoms with van der Waals surface area (Å²) in [7, 11) is 0. The predicted molar refractivity (Wildman–Crippen MR) is 79.7 cm³/mol. The number of ether oxygens (including phenoxy) is 1. The molecular weight excluding hydrogens is 276 g/mol. The van der Waals surface area contributed by atoms with E-state index in [9.17, 15) is 4.79 Å². The van der Waals surface area contributed by atoms with Crippen LogP contribution in [0.1, 0.15) is 19.4 Å². The lowest BCUT2D eigenvalue weighted by atomic mass is 10.0. The predicted octanol–water partition coefficient (Wildman–Crippen LogP) is 1.85. The van der Waals surface area contributed by atoms with Gasteiger partial charge in [-0.3, -0.25) is 4.79 Å². The van der Waals surface area contributed by atoms with Crippen molar-refractivity contribution in [3.63, 3.8) is 0 Å². The van der Waals surface area contributed by atoms with Gasteiger partial charge in [0.05, 0.1) is 18.2 Å². The number of hydrogen-bond donors (Lipinski definition) is 1. The van der Waals surface area contributed by atoms with Crippen molar-refractivity contribution in [1.29, 1.82) is 0 Å². The topological polar surface area (TPSA) is 55.6 Å². The van der Waals surface area contributed by atoms with Crippen molar-refractivity contribution in [1.82, 2.24) is 4.90 Å². The van der Waals surface area contributed by atoms with E-state index in [4.69, 9.17) is 22.1 Å². The molecule has 2 rings (SSSR count). The maximum Gasteiger partial charge on any atom is 0.242 e. The van der Waals surface area contributed by atoms with E-state index in [0.717, 1.165) is 10.6 Å². The third-order valence-electron chi connectivity index (χ3n) is 3.38. The summed E-state index contributed by atoms with van der Waals surface area (Å²) in [5, 5.41) is 0.735. The van der Waals surface area contributed by atoms with Crippen LogP contribution in [0.2, 0.25) is 5.02 Å². The highest BCUT2D eigenvalue weighted by Crippen LogP contribution is 2.20. The van der Waals surface area contributed by atoms with E-state index in [2.05, 4.69) is 0 Å². The Morgan fingerprint density at radius 2 is 2.20 bits per heavy atom. The Morgan fingerprint density at radius 3 is 2.85 bits per heavy atom. The molecule has 110 valence electrons. The fraction of sp³-hybridized carbons (Fsp3) is 0.533. The third-order valence-corrected chi connectivity index (χ3v) is 3.75. The van der Waals surface area contributed by atoms with Crippen molar-refractivity contribution in [2.75, 3.05) is 19.7 Å². The van der Waals surface area contributed by atoms with Gasteiger partial charge in [-0.2, -0.15) is 0 Å². The molecule has 1 atom stereocenters. The van der Waals surface area contributed by atoms with Gasteiger partial charge in [-0.25, -0.2) is 0 Å². The molecule has 1 aromatic rings. The zero-order valence-corrected chi connectivity index (χ0v) is 12.7. The molecule has 0 aromatic heterocycles. The molecule has 0 bridgehead atoms. The first-order chi connectivity index (χ1) is 9.38. The lowest BCUT2D eigenvalue weighted by molar-refractivity contribution is -0.143. The molecule has 1 heterocycles. The summed E-state index contributed by atoms with van der Waals surface area (Å²) in [5.41, 5.74) is 6.08. The lowest BCUT2D eigenvalue weighted by Crippen LogP contribution is -2.56.